The summed E-state index contributed by atoms with van der Waals surface area (Å²) in [6, 6.07) is 9.65. The molecule has 0 saturated carbocycles. The molecule has 5 heteroatoms. The first-order chi connectivity index (χ1) is 9.61. The molecule has 0 aliphatic heterocycles. The molecular weight excluding hydrogens is 300 g/mol. The Hall–Kier alpha value is -1.29. The zero-order chi connectivity index (χ0) is 14.5. The summed E-state index contributed by atoms with van der Waals surface area (Å²) in [6.07, 6.45) is 0.660. The molecule has 0 radical (unpaired) electrons. The highest BCUT2D eigenvalue weighted by Crippen LogP contribution is 2.30. The number of hydrogen-bond acceptors (Lipinski definition) is 2. The van der Waals surface area contributed by atoms with Crippen molar-refractivity contribution < 1.29 is 9.13 Å². The predicted molar refractivity (Wildman–Crippen MR) is 80.0 cm³/mol. The van der Waals surface area contributed by atoms with Crippen LogP contribution in [0.1, 0.15) is 11.1 Å². The molecule has 2 aromatic rings. The van der Waals surface area contributed by atoms with E-state index < -0.39 is 0 Å². The van der Waals surface area contributed by atoms with E-state index in [1.807, 2.05) is 12.1 Å². The van der Waals surface area contributed by atoms with Crippen molar-refractivity contribution in [2.24, 2.45) is 5.73 Å². The fourth-order valence-corrected chi connectivity index (χ4v) is 2.29. The lowest BCUT2D eigenvalue weighted by Gasteiger charge is -2.13. The monoisotopic (exact) mass is 313 g/mol. The summed E-state index contributed by atoms with van der Waals surface area (Å²) in [5.74, 6) is 0.217. The minimum atomic E-state index is -0.352. The summed E-state index contributed by atoms with van der Waals surface area (Å²) in [7, 11) is 0. The van der Waals surface area contributed by atoms with Crippen LogP contribution in [0.3, 0.4) is 0 Å². The molecule has 2 nitrogen and oxygen atoms in total. The van der Waals surface area contributed by atoms with Gasteiger partial charge in [0.25, 0.3) is 0 Å². The average Bonchev–Trinajstić information content (AvgIpc) is 2.42. The smallest absolute Gasteiger partial charge is 0.141 e. The van der Waals surface area contributed by atoms with E-state index in [-0.39, 0.29) is 12.4 Å². The van der Waals surface area contributed by atoms with Crippen LogP contribution in [0.5, 0.6) is 5.75 Å². The zero-order valence-electron chi connectivity index (χ0n) is 10.7. The van der Waals surface area contributed by atoms with E-state index in [9.17, 15) is 4.39 Å². The molecule has 0 aromatic heterocycles. The number of ether oxygens (including phenoxy) is 1. The van der Waals surface area contributed by atoms with E-state index in [0.717, 1.165) is 5.56 Å². The lowest BCUT2D eigenvalue weighted by molar-refractivity contribution is 0.302. The molecule has 2 N–H and O–H groups in total. The van der Waals surface area contributed by atoms with Gasteiger partial charge in [-0.3, -0.25) is 0 Å². The van der Waals surface area contributed by atoms with Crippen molar-refractivity contribution in [3.63, 3.8) is 0 Å². The van der Waals surface area contributed by atoms with Crippen LogP contribution < -0.4 is 10.5 Å². The van der Waals surface area contributed by atoms with Crippen LogP contribution in [0.15, 0.2) is 36.4 Å². The molecular formula is C15H14Cl2FNO. The standard InChI is InChI=1S/C15H14Cl2FNO/c16-13-5-4-12(18)8-11(13)9-20-15-10(6-7-19)2-1-3-14(15)17/h1-5,8H,6-7,9,19H2. The Morgan fingerprint density at radius 2 is 1.85 bits per heavy atom. The molecule has 106 valence electrons. The second kappa shape index (κ2) is 6.93. The first-order valence-electron chi connectivity index (χ1n) is 6.16. The van der Waals surface area contributed by atoms with Gasteiger partial charge in [-0.2, -0.15) is 0 Å². The topological polar surface area (TPSA) is 35.2 Å². The maximum absolute atomic E-state index is 13.2. The third kappa shape index (κ3) is 3.63. The summed E-state index contributed by atoms with van der Waals surface area (Å²) < 4.78 is 18.9. The van der Waals surface area contributed by atoms with E-state index >= 15 is 0 Å². The highest BCUT2D eigenvalue weighted by molar-refractivity contribution is 6.32. The van der Waals surface area contributed by atoms with Crippen molar-refractivity contribution in [3.8, 4) is 5.75 Å². The van der Waals surface area contributed by atoms with E-state index in [1.165, 1.54) is 18.2 Å². The van der Waals surface area contributed by atoms with Crippen molar-refractivity contribution in [1.82, 2.24) is 0 Å². The lowest BCUT2D eigenvalue weighted by Crippen LogP contribution is -2.06. The molecule has 0 bridgehead atoms. The molecule has 0 spiro atoms. The summed E-state index contributed by atoms with van der Waals surface area (Å²) in [5.41, 5.74) is 7.06. The minimum absolute atomic E-state index is 0.151. The molecule has 2 rings (SSSR count). The van der Waals surface area contributed by atoms with Crippen molar-refractivity contribution >= 4 is 23.2 Å². The van der Waals surface area contributed by atoms with Gasteiger partial charge in [-0.15, -0.1) is 0 Å². The van der Waals surface area contributed by atoms with Gasteiger partial charge in [0.05, 0.1) is 5.02 Å². The van der Waals surface area contributed by atoms with Crippen molar-refractivity contribution in [2.45, 2.75) is 13.0 Å². The van der Waals surface area contributed by atoms with Crippen molar-refractivity contribution in [1.29, 1.82) is 0 Å². The molecule has 0 fully saturated rings. The van der Waals surface area contributed by atoms with Gasteiger partial charge < -0.3 is 10.5 Å². The van der Waals surface area contributed by atoms with Gasteiger partial charge in [-0.1, -0.05) is 35.3 Å². The molecule has 2 aromatic carbocycles. The minimum Gasteiger partial charge on any atom is -0.487 e. The average molecular weight is 314 g/mol. The summed E-state index contributed by atoms with van der Waals surface area (Å²) in [4.78, 5) is 0. The van der Waals surface area contributed by atoms with Crippen LogP contribution in [0.2, 0.25) is 10.0 Å². The molecule has 0 saturated heterocycles. The molecule has 0 unspecified atom stereocenters. The van der Waals surface area contributed by atoms with Gasteiger partial charge in [0.15, 0.2) is 0 Å². The summed E-state index contributed by atoms with van der Waals surface area (Å²) in [5, 5.41) is 0.960. The van der Waals surface area contributed by atoms with Gasteiger partial charge in [0.2, 0.25) is 0 Å². The Balaban J connectivity index is 2.20. The molecule has 20 heavy (non-hydrogen) atoms. The fraction of sp³-hybridized carbons (Fsp3) is 0.200. The maximum Gasteiger partial charge on any atom is 0.141 e. The number of para-hydroxylation sites is 1. The van der Waals surface area contributed by atoms with Gasteiger partial charge in [-0.25, -0.2) is 4.39 Å². The van der Waals surface area contributed by atoms with Crippen LogP contribution in [-0.2, 0) is 13.0 Å². The van der Waals surface area contributed by atoms with Crippen LogP contribution in [0, 0.1) is 5.82 Å². The Morgan fingerprint density at radius 1 is 1.05 bits per heavy atom. The highest BCUT2D eigenvalue weighted by Gasteiger charge is 2.10. The van der Waals surface area contributed by atoms with Gasteiger partial charge in [0, 0.05) is 10.6 Å². The molecule has 0 aliphatic rings. The Bertz CT molecular complexity index is 604. The number of halogens is 3. The third-order valence-electron chi connectivity index (χ3n) is 2.84. The van der Waals surface area contributed by atoms with E-state index in [0.29, 0.717) is 34.3 Å². The van der Waals surface area contributed by atoms with Gasteiger partial charge in [-0.05, 0) is 42.8 Å². The van der Waals surface area contributed by atoms with Crippen LogP contribution in [0.25, 0.3) is 0 Å². The third-order valence-corrected chi connectivity index (χ3v) is 3.51. The fourth-order valence-electron chi connectivity index (χ4n) is 1.87. The first-order valence-corrected chi connectivity index (χ1v) is 6.91. The van der Waals surface area contributed by atoms with Crippen LogP contribution in [-0.4, -0.2) is 6.54 Å². The predicted octanol–water partition coefficient (Wildman–Crippen LogP) is 4.21. The van der Waals surface area contributed by atoms with E-state index in [2.05, 4.69) is 0 Å². The Morgan fingerprint density at radius 3 is 2.60 bits per heavy atom. The quantitative estimate of drug-likeness (QED) is 0.897. The normalized spacial score (nSPS) is 10.6. The second-order valence-electron chi connectivity index (χ2n) is 4.29. The van der Waals surface area contributed by atoms with Crippen molar-refractivity contribution in [3.05, 3.63) is 63.4 Å². The summed E-state index contributed by atoms with van der Waals surface area (Å²) >= 11 is 12.1. The molecule has 0 aliphatic carbocycles. The van der Waals surface area contributed by atoms with Crippen molar-refractivity contribution in [2.75, 3.05) is 6.54 Å². The van der Waals surface area contributed by atoms with Gasteiger partial charge in [0.1, 0.15) is 18.2 Å². The first kappa shape index (κ1) is 15.1. The highest BCUT2D eigenvalue weighted by atomic mass is 35.5. The Kier molecular flexibility index (Phi) is 5.24. The van der Waals surface area contributed by atoms with Crippen LogP contribution >= 0.6 is 23.2 Å². The number of hydrogen-bond donors (Lipinski definition) is 1. The number of nitrogens with two attached hydrogens (primary N) is 1. The SMILES string of the molecule is NCCc1cccc(Cl)c1OCc1cc(F)ccc1Cl. The van der Waals surface area contributed by atoms with Gasteiger partial charge >= 0.3 is 0 Å². The Labute approximate surface area is 127 Å². The molecule has 0 atom stereocenters. The largest absolute Gasteiger partial charge is 0.487 e. The number of rotatable bonds is 5. The second-order valence-corrected chi connectivity index (χ2v) is 5.11. The number of benzene rings is 2. The van der Waals surface area contributed by atoms with Crippen LogP contribution in [0.4, 0.5) is 4.39 Å². The summed E-state index contributed by atoms with van der Waals surface area (Å²) in [6.45, 7) is 0.648. The zero-order valence-corrected chi connectivity index (χ0v) is 12.2. The van der Waals surface area contributed by atoms with E-state index in [4.69, 9.17) is 33.7 Å². The van der Waals surface area contributed by atoms with E-state index in [1.54, 1.807) is 6.07 Å². The lowest BCUT2D eigenvalue weighted by atomic mass is 10.1. The molecule has 0 heterocycles. The molecule has 0 amide bonds. The maximum atomic E-state index is 13.2.